The number of halogens is 6. The van der Waals surface area contributed by atoms with Gasteiger partial charge in [0.25, 0.3) is 0 Å². The predicted molar refractivity (Wildman–Crippen MR) is 63.7 cm³/mol. The van der Waals surface area contributed by atoms with E-state index >= 15 is 0 Å². The second-order valence-corrected chi connectivity index (χ2v) is 4.68. The standard InChI is InChI=1S/C12H19F6NO2/c1-3-5-6-8(4-2)7-21-10(20)19-9(11(13,14)15)12(16,17)18/h8-9H,3-7H2,1-2H3,(H,19,20). The average molecular weight is 323 g/mol. The molecule has 0 saturated carbocycles. The molecule has 0 heterocycles. The molecule has 126 valence electrons. The van der Waals surface area contributed by atoms with Crippen LogP contribution < -0.4 is 5.32 Å². The van der Waals surface area contributed by atoms with Crippen molar-refractivity contribution >= 4 is 6.09 Å². The van der Waals surface area contributed by atoms with Crippen LogP contribution in [0.15, 0.2) is 0 Å². The van der Waals surface area contributed by atoms with Crippen molar-refractivity contribution in [3.8, 4) is 0 Å². The van der Waals surface area contributed by atoms with Crippen LogP contribution in [-0.4, -0.2) is 31.1 Å². The first-order valence-corrected chi connectivity index (χ1v) is 6.59. The fraction of sp³-hybridized carbons (Fsp3) is 0.917. The molecule has 0 rings (SSSR count). The highest BCUT2D eigenvalue weighted by Crippen LogP contribution is 2.33. The third kappa shape index (κ3) is 8.01. The van der Waals surface area contributed by atoms with Crippen LogP contribution in [0, 0.1) is 5.92 Å². The van der Waals surface area contributed by atoms with Crippen molar-refractivity contribution in [1.82, 2.24) is 5.32 Å². The molecule has 0 spiro atoms. The number of carbonyl (C=O) groups is 1. The van der Waals surface area contributed by atoms with Crippen LogP contribution in [0.3, 0.4) is 0 Å². The van der Waals surface area contributed by atoms with E-state index in [0.29, 0.717) is 12.8 Å². The Balaban J connectivity index is 4.45. The van der Waals surface area contributed by atoms with Gasteiger partial charge in [-0.1, -0.05) is 33.1 Å². The van der Waals surface area contributed by atoms with Crippen molar-refractivity contribution in [2.75, 3.05) is 6.61 Å². The van der Waals surface area contributed by atoms with Gasteiger partial charge in [-0.3, -0.25) is 0 Å². The highest BCUT2D eigenvalue weighted by atomic mass is 19.4. The van der Waals surface area contributed by atoms with E-state index in [2.05, 4.69) is 4.74 Å². The molecule has 21 heavy (non-hydrogen) atoms. The molecular weight excluding hydrogens is 304 g/mol. The largest absolute Gasteiger partial charge is 0.449 e. The minimum absolute atomic E-state index is 0.0778. The minimum atomic E-state index is -5.62. The molecule has 0 aliphatic heterocycles. The summed E-state index contributed by atoms with van der Waals surface area (Å²) in [7, 11) is 0. The summed E-state index contributed by atoms with van der Waals surface area (Å²) in [5.74, 6) is -0.0778. The maximum Gasteiger partial charge on any atom is 0.417 e. The van der Waals surface area contributed by atoms with Crippen LogP contribution in [0.4, 0.5) is 31.1 Å². The Hall–Kier alpha value is -1.15. The highest BCUT2D eigenvalue weighted by molar-refractivity contribution is 5.67. The lowest BCUT2D eigenvalue weighted by molar-refractivity contribution is -0.256. The first-order chi connectivity index (χ1) is 9.52. The van der Waals surface area contributed by atoms with E-state index in [9.17, 15) is 31.1 Å². The number of alkyl halides is 6. The SMILES string of the molecule is CCCCC(CC)COC(=O)NC(C(F)(F)F)C(F)(F)F. The minimum Gasteiger partial charge on any atom is -0.449 e. The number of unbranched alkanes of at least 4 members (excludes halogenated alkanes) is 1. The van der Waals surface area contributed by atoms with E-state index in [-0.39, 0.29) is 12.5 Å². The second-order valence-electron chi connectivity index (χ2n) is 4.68. The van der Waals surface area contributed by atoms with Crippen molar-refractivity contribution in [2.45, 2.75) is 57.9 Å². The van der Waals surface area contributed by atoms with Gasteiger partial charge >= 0.3 is 18.4 Å². The van der Waals surface area contributed by atoms with Gasteiger partial charge in [0.1, 0.15) is 0 Å². The monoisotopic (exact) mass is 323 g/mol. The summed E-state index contributed by atoms with van der Waals surface area (Å²) in [5.41, 5.74) is 0. The summed E-state index contributed by atoms with van der Waals surface area (Å²) in [5, 5.41) is 0.821. The third-order valence-electron chi connectivity index (χ3n) is 2.91. The molecule has 3 nitrogen and oxygen atoms in total. The van der Waals surface area contributed by atoms with Gasteiger partial charge in [0, 0.05) is 0 Å². The van der Waals surface area contributed by atoms with E-state index in [1.54, 1.807) is 6.92 Å². The number of nitrogens with one attached hydrogen (secondary N) is 1. The molecule has 0 fully saturated rings. The Morgan fingerprint density at radius 3 is 2.00 bits per heavy atom. The van der Waals surface area contributed by atoms with Crippen molar-refractivity contribution in [2.24, 2.45) is 5.92 Å². The number of amides is 1. The van der Waals surface area contributed by atoms with E-state index in [1.165, 1.54) is 0 Å². The molecule has 0 aliphatic rings. The average Bonchev–Trinajstić information content (AvgIpc) is 2.33. The Morgan fingerprint density at radius 1 is 1.10 bits per heavy atom. The summed E-state index contributed by atoms with van der Waals surface area (Å²) < 4.78 is 77.8. The van der Waals surface area contributed by atoms with Gasteiger partial charge < -0.3 is 10.1 Å². The van der Waals surface area contributed by atoms with E-state index in [1.807, 2.05) is 6.92 Å². The van der Waals surface area contributed by atoms with Crippen LogP contribution in [-0.2, 0) is 4.74 Å². The van der Waals surface area contributed by atoms with Crippen LogP contribution in [0.25, 0.3) is 0 Å². The zero-order chi connectivity index (χ0) is 16.7. The molecule has 0 bridgehead atoms. The second kappa shape index (κ2) is 8.33. The molecule has 1 atom stereocenters. The predicted octanol–water partition coefficient (Wildman–Crippen LogP) is 4.42. The number of hydrogen-bond donors (Lipinski definition) is 1. The van der Waals surface area contributed by atoms with E-state index < -0.39 is 24.5 Å². The fourth-order valence-electron chi connectivity index (χ4n) is 1.60. The summed E-state index contributed by atoms with van der Waals surface area (Å²) in [4.78, 5) is 11.1. The first kappa shape index (κ1) is 19.9. The lowest BCUT2D eigenvalue weighted by atomic mass is 10.0. The first-order valence-electron chi connectivity index (χ1n) is 6.59. The molecule has 9 heteroatoms. The lowest BCUT2D eigenvalue weighted by Crippen LogP contribution is -2.54. The van der Waals surface area contributed by atoms with E-state index in [4.69, 9.17) is 0 Å². The van der Waals surface area contributed by atoms with Gasteiger partial charge in [-0.2, -0.15) is 26.3 Å². The van der Waals surface area contributed by atoms with Crippen LogP contribution >= 0.6 is 0 Å². The number of rotatable bonds is 7. The molecule has 0 saturated heterocycles. The Morgan fingerprint density at radius 2 is 1.62 bits per heavy atom. The maximum atomic E-state index is 12.2. The van der Waals surface area contributed by atoms with Gasteiger partial charge in [-0.05, 0) is 12.3 Å². The van der Waals surface area contributed by atoms with Crippen molar-refractivity contribution in [3.05, 3.63) is 0 Å². The molecule has 0 radical (unpaired) electrons. The van der Waals surface area contributed by atoms with E-state index in [0.717, 1.165) is 18.2 Å². The number of hydrogen-bond acceptors (Lipinski definition) is 2. The van der Waals surface area contributed by atoms with Gasteiger partial charge in [-0.25, -0.2) is 4.79 Å². The van der Waals surface area contributed by atoms with Crippen molar-refractivity contribution in [3.63, 3.8) is 0 Å². The summed E-state index contributed by atoms with van der Waals surface area (Å²) in [6, 6.07) is -3.92. The van der Waals surface area contributed by atoms with Crippen molar-refractivity contribution in [1.29, 1.82) is 0 Å². The third-order valence-corrected chi connectivity index (χ3v) is 2.91. The fourth-order valence-corrected chi connectivity index (χ4v) is 1.60. The molecule has 0 aromatic carbocycles. The van der Waals surface area contributed by atoms with Crippen LogP contribution in [0.1, 0.15) is 39.5 Å². The maximum absolute atomic E-state index is 12.2. The summed E-state index contributed by atoms with van der Waals surface area (Å²) >= 11 is 0. The summed E-state index contributed by atoms with van der Waals surface area (Å²) in [6.07, 6.45) is -9.90. The molecular formula is C12H19F6NO2. The molecule has 0 aromatic rings. The Bertz CT molecular complexity index is 302. The lowest BCUT2D eigenvalue weighted by Gasteiger charge is -2.24. The molecule has 0 aliphatic carbocycles. The molecule has 1 amide bonds. The van der Waals surface area contributed by atoms with Crippen LogP contribution in [0.5, 0.6) is 0 Å². The van der Waals surface area contributed by atoms with Gasteiger partial charge in [0.05, 0.1) is 6.61 Å². The molecule has 1 N–H and O–H groups in total. The number of alkyl carbamates (subject to hydrolysis) is 1. The Labute approximate surface area is 119 Å². The zero-order valence-corrected chi connectivity index (χ0v) is 11.8. The smallest absolute Gasteiger partial charge is 0.417 e. The zero-order valence-electron chi connectivity index (χ0n) is 11.8. The number of carbonyl (C=O) groups excluding carboxylic acids is 1. The number of ether oxygens (including phenoxy) is 1. The van der Waals surface area contributed by atoms with Gasteiger partial charge in [0.2, 0.25) is 6.04 Å². The summed E-state index contributed by atoms with van der Waals surface area (Å²) in [6.45, 7) is 3.54. The van der Waals surface area contributed by atoms with Gasteiger partial charge in [0.15, 0.2) is 0 Å². The topological polar surface area (TPSA) is 38.3 Å². The molecule has 1 unspecified atom stereocenters. The normalized spacial score (nSPS) is 14.1. The molecule has 0 aromatic heterocycles. The Kier molecular flexibility index (Phi) is 7.87. The highest BCUT2D eigenvalue weighted by Gasteiger charge is 2.57. The van der Waals surface area contributed by atoms with Gasteiger partial charge in [-0.15, -0.1) is 0 Å². The van der Waals surface area contributed by atoms with Crippen LogP contribution in [0.2, 0.25) is 0 Å². The van der Waals surface area contributed by atoms with Crippen molar-refractivity contribution < 1.29 is 35.9 Å². The quantitative estimate of drug-likeness (QED) is 0.704.